The zero-order chi connectivity index (χ0) is 19.7. The maximum atomic E-state index is 12.6. The molecule has 1 amide bonds. The summed E-state index contributed by atoms with van der Waals surface area (Å²) in [7, 11) is 1.64. The Morgan fingerprint density at radius 2 is 1.86 bits per heavy atom. The van der Waals surface area contributed by atoms with Crippen molar-refractivity contribution in [1.29, 1.82) is 0 Å². The van der Waals surface area contributed by atoms with E-state index in [1.165, 1.54) is 0 Å². The van der Waals surface area contributed by atoms with E-state index in [1.807, 2.05) is 34.9 Å². The molecule has 4 aromatic rings. The van der Waals surface area contributed by atoms with Gasteiger partial charge in [0.2, 0.25) is 5.91 Å². The quantitative estimate of drug-likeness (QED) is 0.519. The molecule has 142 valence electrons. The lowest BCUT2D eigenvalue weighted by molar-refractivity contribution is -0.116. The molecule has 0 saturated heterocycles. The van der Waals surface area contributed by atoms with Crippen molar-refractivity contribution >= 4 is 28.1 Å². The number of benzene rings is 2. The fourth-order valence-corrected chi connectivity index (χ4v) is 3.63. The van der Waals surface area contributed by atoms with Crippen LogP contribution in [0.3, 0.4) is 0 Å². The van der Waals surface area contributed by atoms with Gasteiger partial charge in [-0.1, -0.05) is 48.5 Å². The summed E-state index contributed by atoms with van der Waals surface area (Å²) in [4.78, 5) is 19.3. The second kappa shape index (κ2) is 7.44. The number of ether oxygens (including phenoxy) is 1. The van der Waals surface area contributed by atoms with E-state index < -0.39 is 0 Å². The van der Waals surface area contributed by atoms with Crippen LogP contribution in [-0.2, 0) is 9.53 Å². The average molecular weight is 373 g/mol. The first-order chi connectivity index (χ1) is 13.6. The second-order valence-electron chi connectivity index (χ2n) is 6.86. The molecule has 4 rings (SSSR count). The number of nitrogens with zero attached hydrogens (tertiary/aromatic N) is 3. The number of pyridine rings is 1. The van der Waals surface area contributed by atoms with Crippen molar-refractivity contribution in [3.05, 3.63) is 66.4 Å². The van der Waals surface area contributed by atoms with Crippen molar-refractivity contribution in [2.45, 2.75) is 13.8 Å². The highest BCUT2D eigenvalue weighted by Crippen LogP contribution is 2.35. The van der Waals surface area contributed by atoms with Gasteiger partial charge in [0, 0.05) is 31.2 Å². The fourth-order valence-electron chi connectivity index (χ4n) is 3.63. The number of hydrogen-bond donors (Lipinski definition) is 0. The van der Waals surface area contributed by atoms with Crippen LogP contribution in [0, 0.1) is 6.92 Å². The molecule has 0 aliphatic carbocycles. The highest BCUT2D eigenvalue weighted by molar-refractivity contribution is 6.00. The molecule has 0 bridgehead atoms. The number of carbonyl (C=O) groups is 1. The molecule has 0 unspecified atom stereocenters. The molecule has 2 aromatic carbocycles. The summed E-state index contributed by atoms with van der Waals surface area (Å²) in [5.41, 5.74) is 3.79. The molecule has 0 spiro atoms. The molecular weight excluding hydrogens is 350 g/mol. The van der Waals surface area contributed by atoms with Gasteiger partial charge in [0.05, 0.1) is 13.2 Å². The van der Waals surface area contributed by atoms with Crippen LogP contribution in [0.2, 0.25) is 0 Å². The molecule has 0 aliphatic heterocycles. The van der Waals surface area contributed by atoms with Crippen molar-refractivity contribution in [3.8, 4) is 11.3 Å². The molecule has 0 radical (unpaired) electrons. The Bertz CT molecular complexity index is 1160. The van der Waals surface area contributed by atoms with Gasteiger partial charge in [-0.25, -0.2) is 4.98 Å². The lowest BCUT2D eigenvalue weighted by atomic mass is 10.1. The number of carbonyl (C=O) groups excluding carboxylic acids is 1. The van der Waals surface area contributed by atoms with Crippen LogP contribution < -0.4 is 4.90 Å². The van der Waals surface area contributed by atoms with E-state index in [0.717, 1.165) is 39.1 Å². The molecule has 0 atom stereocenters. The minimum Gasteiger partial charge on any atom is -0.383 e. The Hall–Kier alpha value is -3.18. The van der Waals surface area contributed by atoms with Gasteiger partial charge in [-0.3, -0.25) is 14.1 Å². The predicted octanol–water partition coefficient (Wildman–Crippen LogP) is 4.46. The highest BCUT2D eigenvalue weighted by Gasteiger charge is 2.24. The Labute approximate surface area is 164 Å². The van der Waals surface area contributed by atoms with Crippen LogP contribution in [0.4, 0.5) is 5.82 Å². The first-order valence-electron chi connectivity index (χ1n) is 9.34. The number of fused-ring (bicyclic) bond motifs is 3. The molecule has 0 aliphatic rings. The maximum absolute atomic E-state index is 12.6. The number of aromatic nitrogens is 2. The van der Waals surface area contributed by atoms with Crippen molar-refractivity contribution in [3.63, 3.8) is 0 Å². The lowest BCUT2D eigenvalue weighted by Gasteiger charge is -2.22. The summed E-state index contributed by atoms with van der Waals surface area (Å²) in [5.74, 6) is 0.737. The molecule has 5 nitrogen and oxygen atoms in total. The van der Waals surface area contributed by atoms with Crippen LogP contribution in [0.1, 0.15) is 12.5 Å². The Morgan fingerprint density at radius 1 is 1.11 bits per heavy atom. The van der Waals surface area contributed by atoms with E-state index in [4.69, 9.17) is 9.72 Å². The van der Waals surface area contributed by atoms with Gasteiger partial charge in [0.1, 0.15) is 17.2 Å². The standard InChI is InChI=1S/C23H23N3O2/c1-16-8-4-6-10-19(16)21-23(25(17(2)27)14-15-28-3)26-13-12-18-9-5-7-11-20(18)22(26)24-21/h4-13H,14-15H2,1-3H3. The number of rotatable bonds is 5. The number of hydrogen-bond acceptors (Lipinski definition) is 3. The van der Waals surface area contributed by atoms with E-state index >= 15 is 0 Å². The van der Waals surface area contributed by atoms with Gasteiger partial charge >= 0.3 is 0 Å². The van der Waals surface area contributed by atoms with Crippen LogP contribution in [-0.4, -0.2) is 35.6 Å². The van der Waals surface area contributed by atoms with Crippen molar-refractivity contribution in [2.24, 2.45) is 0 Å². The van der Waals surface area contributed by atoms with Crippen LogP contribution in [0.5, 0.6) is 0 Å². The van der Waals surface area contributed by atoms with Gasteiger partial charge < -0.3 is 4.74 Å². The number of amides is 1. The van der Waals surface area contributed by atoms with Crippen molar-refractivity contribution in [2.75, 3.05) is 25.2 Å². The maximum Gasteiger partial charge on any atom is 0.225 e. The smallest absolute Gasteiger partial charge is 0.225 e. The topological polar surface area (TPSA) is 46.8 Å². The van der Waals surface area contributed by atoms with Gasteiger partial charge in [-0.2, -0.15) is 0 Å². The third-order valence-corrected chi connectivity index (χ3v) is 5.05. The summed E-state index contributed by atoms with van der Waals surface area (Å²) in [6.07, 6.45) is 1.99. The Balaban J connectivity index is 2.07. The lowest BCUT2D eigenvalue weighted by Crippen LogP contribution is -2.33. The summed E-state index contributed by atoms with van der Waals surface area (Å²) in [6.45, 7) is 4.56. The van der Waals surface area contributed by atoms with E-state index in [9.17, 15) is 4.79 Å². The first kappa shape index (κ1) is 18.2. The first-order valence-corrected chi connectivity index (χ1v) is 9.34. The summed E-state index contributed by atoms with van der Waals surface area (Å²) in [6, 6.07) is 18.4. The van der Waals surface area contributed by atoms with E-state index in [2.05, 4.69) is 37.3 Å². The molecule has 2 heterocycles. The fraction of sp³-hybridized carbons (Fsp3) is 0.217. The normalized spacial score (nSPS) is 11.2. The summed E-state index contributed by atoms with van der Waals surface area (Å²) < 4.78 is 7.26. The Kier molecular flexibility index (Phi) is 4.84. The molecule has 0 saturated carbocycles. The van der Waals surface area contributed by atoms with Gasteiger partial charge in [-0.15, -0.1) is 0 Å². The third kappa shape index (κ3) is 3.04. The number of methoxy groups -OCH3 is 1. The molecular formula is C23H23N3O2. The van der Waals surface area contributed by atoms with Crippen molar-refractivity contribution in [1.82, 2.24) is 9.38 Å². The third-order valence-electron chi connectivity index (χ3n) is 5.05. The molecule has 0 N–H and O–H groups in total. The van der Waals surface area contributed by atoms with Gasteiger partial charge in [0.25, 0.3) is 0 Å². The Morgan fingerprint density at radius 3 is 2.61 bits per heavy atom. The molecule has 28 heavy (non-hydrogen) atoms. The molecule has 2 aromatic heterocycles. The van der Waals surface area contributed by atoms with Crippen molar-refractivity contribution < 1.29 is 9.53 Å². The monoisotopic (exact) mass is 373 g/mol. The highest BCUT2D eigenvalue weighted by atomic mass is 16.5. The van der Waals surface area contributed by atoms with E-state index in [-0.39, 0.29) is 5.91 Å². The molecule has 0 fully saturated rings. The summed E-state index contributed by atoms with van der Waals surface area (Å²) in [5, 5.41) is 2.18. The largest absolute Gasteiger partial charge is 0.383 e. The SMILES string of the molecule is COCCN(C(C)=O)c1c(-c2ccccc2C)nc2c3ccccc3ccn12. The minimum absolute atomic E-state index is 0.0400. The average Bonchev–Trinajstić information content (AvgIpc) is 3.08. The van der Waals surface area contributed by atoms with Crippen LogP contribution >= 0.6 is 0 Å². The number of anilines is 1. The zero-order valence-electron chi connectivity index (χ0n) is 16.3. The number of aryl methyl sites for hydroxylation is 1. The zero-order valence-corrected chi connectivity index (χ0v) is 16.3. The minimum atomic E-state index is -0.0400. The summed E-state index contributed by atoms with van der Waals surface area (Å²) >= 11 is 0. The van der Waals surface area contributed by atoms with Crippen LogP contribution in [0.15, 0.2) is 60.8 Å². The van der Waals surface area contributed by atoms with E-state index in [1.54, 1.807) is 18.9 Å². The number of imidazole rings is 1. The van der Waals surface area contributed by atoms with Gasteiger partial charge in [-0.05, 0) is 23.9 Å². The molecule has 5 heteroatoms. The second-order valence-corrected chi connectivity index (χ2v) is 6.86. The van der Waals surface area contributed by atoms with E-state index in [0.29, 0.717) is 13.2 Å². The predicted molar refractivity (Wildman–Crippen MR) is 113 cm³/mol. The van der Waals surface area contributed by atoms with Crippen LogP contribution in [0.25, 0.3) is 27.7 Å². The van der Waals surface area contributed by atoms with Gasteiger partial charge in [0.15, 0.2) is 0 Å².